The van der Waals surface area contributed by atoms with Gasteiger partial charge in [0.15, 0.2) is 6.10 Å². The summed E-state index contributed by atoms with van der Waals surface area (Å²) in [5, 5.41) is 3.63. The van der Waals surface area contributed by atoms with Gasteiger partial charge in [-0.15, -0.1) is 0 Å². The minimum atomic E-state index is -0.715. The highest BCUT2D eigenvalue weighted by Gasteiger charge is 2.16. The van der Waals surface area contributed by atoms with E-state index in [4.69, 9.17) is 9.15 Å². The Labute approximate surface area is 173 Å². The van der Waals surface area contributed by atoms with Crippen molar-refractivity contribution in [2.75, 3.05) is 0 Å². The molecule has 2 heterocycles. The van der Waals surface area contributed by atoms with Crippen LogP contribution in [0.3, 0.4) is 0 Å². The number of nitrogens with zero attached hydrogens (tertiary/aromatic N) is 1. The summed E-state index contributed by atoms with van der Waals surface area (Å²) in [6.07, 6.45) is 2.63. The van der Waals surface area contributed by atoms with Crippen molar-refractivity contribution in [1.82, 2.24) is 10.3 Å². The molecule has 0 saturated heterocycles. The van der Waals surface area contributed by atoms with Crippen LogP contribution in [0, 0.1) is 0 Å². The number of rotatable bonds is 6. The molecule has 0 aliphatic carbocycles. The van der Waals surface area contributed by atoms with Crippen LogP contribution in [0.5, 0.6) is 5.75 Å². The second-order valence-electron chi connectivity index (χ2n) is 6.84. The van der Waals surface area contributed by atoms with Gasteiger partial charge in [0.1, 0.15) is 11.3 Å². The SMILES string of the molecule is C[C@H](Oc1ccc2c(-c3ccccc3)cc(=O)oc2c1)C(=O)NCc1ccncc1. The van der Waals surface area contributed by atoms with Crippen molar-refractivity contribution in [3.8, 4) is 16.9 Å². The molecule has 0 aliphatic rings. The Balaban J connectivity index is 1.52. The molecule has 0 saturated carbocycles. The lowest BCUT2D eigenvalue weighted by Crippen LogP contribution is -2.35. The number of aromatic nitrogens is 1. The number of ether oxygens (including phenoxy) is 1. The number of amides is 1. The van der Waals surface area contributed by atoms with E-state index in [0.29, 0.717) is 17.9 Å². The molecule has 1 atom stereocenters. The van der Waals surface area contributed by atoms with Gasteiger partial charge in [0.05, 0.1) is 0 Å². The highest BCUT2D eigenvalue weighted by Crippen LogP contribution is 2.29. The molecule has 0 radical (unpaired) electrons. The first kappa shape index (κ1) is 19.4. The van der Waals surface area contributed by atoms with E-state index in [2.05, 4.69) is 10.3 Å². The summed E-state index contributed by atoms with van der Waals surface area (Å²) in [7, 11) is 0. The number of benzene rings is 2. The normalized spacial score (nSPS) is 11.8. The fourth-order valence-corrected chi connectivity index (χ4v) is 3.16. The zero-order chi connectivity index (χ0) is 20.9. The van der Waals surface area contributed by atoms with Gasteiger partial charge in [-0.1, -0.05) is 30.3 Å². The van der Waals surface area contributed by atoms with Crippen LogP contribution >= 0.6 is 0 Å². The molecule has 0 unspecified atom stereocenters. The highest BCUT2D eigenvalue weighted by molar-refractivity contribution is 5.93. The largest absolute Gasteiger partial charge is 0.481 e. The number of fused-ring (bicyclic) bond motifs is 1. The number of carbonyl (C=O) groups is 1. The molecule has 0 fully saturated rings. The van der Waals surface area contributed by atoms with Crippen molar-refractivity contribution < 1.29 is 13.9 Å². The minimum absolute atomic E-state index is 0.244. The van der Waals surface area contributed by atoms with Gasteiger partial charge in [0.25, 0.3) is 5.91 Å². The van der Waals surface area contributed by atoms with Crippen LogP contribution in [0.4, 0.5) is 0 Å². The van der Waals surface area contributed by atoms with E-state index in [1.54, 1.807) is 31.5 Å². The quantitative estimate of drug-likeness (QED) is 0.496. The van der Waals surface area contributed by atoms with Crippen LogP contribution in [-0.2, 0) is 11.3 Å². The second-order valence-corrected chi connectivity index (χ2v) is 6.84. The van der Waals surface area contributed by atoms with Crippen LogP contribution in [0.2, 0.25) is 0 Å². The summed E-state index contributed by atoms with van der Waals surface area (Å²) in [6, 6.07) is 20.0. The molecule has 2 aromatic carbocycles. The number of pyridine rings is 1. The van der Waals surface area contributed by atoms with Gasteiger partial charge in [-0.25, -0.2) is 4.79 Å². The maximum atomic E-state index is 12.4. The van der Waals surface area contributed by atoms with E-state index < -0.39 is 11.7 Å². The zero-order valence-corrected chi connectivity index (χ0v) is 16.4. The molecule has 4 aromatic rings. The molecule has 4 rings (SSSR count). The van der Waals surface area contributed by atoms with Gasteiger partial charge in [0.2, 0.25) is 0 Å². The van der Waals surface area contributed by atoms with E-state index >= 15 is 0 Å². The summed E-state index contributed by atoms with van der Waals surface area (Å²) in [5.41, 5.74) is 2.63. The summed E-state index contributed by atoms with van der Waals surface area (Å²) in [4.78, 5) is 28.4. The van der Waals surface area contributed by atoms with Crippen molar-refractivity contribution in [2.45, 2.75) is 19.6 Å². The van der Waals surface area contributed by atoms with Gasteiger partial charge < -0.3 is 14.5 Å². The van der Waals surface area contributed by atoms with E-state index in [1.807, 2.05) is 48.5 Å². The monoisotopic (exact) mass is 400 g/mol. The number of nitrogens with one attached hydrogen (secondary N) is 1. The fraction of sp³-hybridized carbons (Fsp3) is 0.125. The Morgan fingerprint density at radius 1 is 1.07 bits per heavy atom. The Bertz CT molecular complexity index is 1220. The lowest BCUT2D eigenvalue weighted by atomic mass is 10.0. The topological polar surface area (TPSA) is 81.4 Å². The van der Waals surface area contributed by atoms with Crippen LogP contribution in [-0.4, -0.2) is 17.0 Å². The van der Waals surface area contributed by atoms with Crippen molar-refractivity contribution in [3.63, 3.8) is 0 Å². The molecule has 0 bridgehead atoms. The Hall–Kier alpha value is -3.93. The number of hydrogen-bond donors (Lipinski definition) is 1. The first-order valence-corrected chi connectivity index (χ1v) is 9.57. The molecule has 30 heavy (non-hydrogen) atoms. The minimum Gasteiger partial charge on any atom is -0.481 e. The summed E-state index contributed by atoms with van der Waals surface area (Å²) in [5.74, 6) is 0.203. The number of carbonyl (C=O) groups excluding carboxylic acids is 1. The molecule has 1 amide bonds. The summed E-state index contributed by atoms with van der Waals surface area (Å²) >= 11 is 0. The van der Waals surface area contributed by atoms with E-state index in [-0.39, 0.29) is 5.91 Å². The molecular formula is C24H20N2O4. The van der Waals surface area contributed by atoms with Crippen molar-refractivity contribution >= 4 is 16.9 Å². The maximum Gasteiger partial charge on any atom is 0.336 e. The van der Waals surface area contributed by atoms with Crippen LogP contribution in [0.25, 0.3) is 22.1 Å². The third kappa shape index (κ3) is 4.38. The first-order chi connectivity index (χ1) is 14.6. The van der Waals surface area contributed by atoms with Gasteiger partial charge in [-0.2, -0.15) is 0 Å². The van der Waals surface area contributed by atoms with Gasteiger partial charge in [-0.3, -0.25) is 9.78 Å². The van der Waals surface area contributed by atoms with E-state index in [9.17, 15) is 9.59 Å². The Morgan fingerprint density at radius 3 is 2.60 bits per heavy atom. The van der Waals surface area contributed by atoms with Crippen LogP contribution in [0.15, 0.2) is 88.3 Å². The molecule has 2 aromatic heterocycles. The fourth-order valence-electron chi connectivity index (χ4n) is 3.16. The lowest BCUT2D eigenvalue weighted by molar-refractivity contribution is -0.127. The zero-order valence-electron chi connectivity index (χ0n) is 16.4. The Morgan fingerprint density at radius 2 is 1.83 bits per heavy atom. The van der Waals surface area contributed by atoms with Crippen molar-refractivity contribution in [1.29, 1.82) is 0 Å². The molecule has 6 heteroatoms. The standard InChI is InChI=1S/C24H20N2O4/c1-16(24(28)26-15-17-9-11-25-12-10-17)29-19-7-8-20-21(18-5-3-2-4-6-18)14-23(27)30-22(20)13-19/h2-14,16H,15H2,1H3,(H,26,28)/t16-/m0/s1. The van der Waals surface area contributed by atoms with E-state index in [0.717, 1.165) is 22.1 Å². The summed E-state index contributed by atoms with van der Waals surface area (Å²) < 4.78 is 11.1. The average molecular weight is 400 g/mol. The highest BCUT2D eigenvalue weighted by atomic mass is 16.5. The molecule has 6 nitrogen and oxygen atoms in total. The second kappa shape index (κ2) is 8.61. The van der Waals surface area contributed by atoms with Gasteiger partial charge in [-0.05, 0) is 47.9 Å². The number of hydrogen-bond acceptors (Lipinski definition) is 5. The van der Waals surface area contributed by atoms with E-state index in [1.165, 1.54) is 6.07 Å². The average Bonchev–Trinajstić information content (AvgIpc) is 2.78. The third-order valence-corrected chi connectivity index (χ3v) is 4.70. The molecule has 1 N–H and O–H groups in total. The summed E-state index contributed by atoms with van der Waals surface area (Å²) in [6.45, 7) is 2.06. The maximum absolute atomic E-state index is 12.4. The van der Waals surface area contributed by atoms with Crippen molar-refractivity contribution in [3.05, 3.63) is 95.1 Å². The predicted molar refractivity (Wildman–Crippen MR) is 114 cm³/mol. The first-order valence-electron chi connectivity index (χ1n) is 9.57. The molecule has 0 spiro atoms. The molecule has 0 aliphatic heterocycles. The predicted octanol–water partition coefficient (Wildman–Crippen LogP) is 3.94. The molecule has 150 valence electrons. The van der Waals surface area contributed by atoms with Gasteiger partial charge in [0, 0.05) is 36.5 Å². The third-order valence-electron chi connectivity index (χ3n) is 4.70. The molecular weight excluding hydrogens is 380 g/mol. The Kier molecular flexibility index (Phi) is 5.57. The smallest absolute Gasteiger partial charge is 0.336 e. The van der Waals surface area contributed by atoms with Crippen LogP contribution < -0.4 is 15.7 Å². The lowest BCUT2D eigenvalue weighted by Gasteiger charge is -2.15. The van der Waals surface area contributed by atoms with Crippen LogP contribution in [0.1, 0.15) is 12.5 Å². The van der Waals surface area contributed by atoms with Gasteiger partial charge >= 0.3 is 5.63 Å². The van der Waals surface area contributed by atoms with Crippen molar-refractivity contribution in [2.24, 2.45) is 0 Å².